The molecule has 0 aromatic heterocycles. The second-order valence-electron chi connectivity index (χ2n) is 6.22. The van der Waals surface area contributed by atoms with E-state index in [1.165, 1.54) is 12.0 Å². The number of carbonyl (C=O) groups excluding carboxylic acids is 1. The quantitative estimate of drug-likeness (QED) is 0.902. The van der Waals surface area contributed by atoms with Gasteiger partial charge in [-0.05, 0) is 44.0 Å². The van der Waals surface area contributed by atoms with Gasteiger partial charge in [-0.15, -0.1) is 12.4 Å². The predicted molar refractivity (Wildman–Crippen MR) is 91.9 cm³/mol. The molecule has 5 heteroatoms. The Morgan fingerprint density at radius 3 is 2.55 bits per heavy atom. The first-order chi connectivity index (χ1) is 10.2. The fourth-order valence-corrected chi connectivity index (χ4v) is 3.39. The number of amides is 1. The number of nitrogens with zero attached hydrogens (tertiary/aromatic N) is 2. The van der Waals surface area contributed by atoms with Gasteiger partial charge < -0.3 is 10.2 Å². The molecule has 2 aliphatic heterocycles. The van der Waals surface area contributed by atoms with Crippen LogP contribution in [0, 0.1) is 13.8 Å². The monoisotopic (exact) mass is 323 g/mol. The van der Waals surface area contributed by atoms with E-state index in [1.807, 2.05) is 24.0 Å². The molecular formula is C17H26ClN3O. The van der Waals surface area contributed by atoms with Crippen LogP contribution in [0.4, 0.5) is 0 Å². The summed E-state index contributed by atoms with van der Waals surface area (Å²) in [5.74, 6) is 0.195. The highest BCUT2D eigenvalue weighted by Crippen LogP contribution is 2.17. The van der Waals surface area contributed by atoms with E-state index in [4.69, 9.17) is 0 Å². The molecule has 1 atom stereocenters. The number of carbonyl (C=O) groups is 1. The highest BCUT2D eigenvalue weighted by atomic mass is 35.5. The lowest BCUT2D eigenvalue weighted by Crippen LogP contribution is -2.52. The number of halogens is 1. The third-order valence-corrected chi connectivity index (χ3v) is 4.99. The van der Waals surface area contributed by atoms with Crippen molar-refractivity contribution in [1.29, 1.82) is 0 Å². The Morgan fingerprint density at radius 2 is 1.91 bits per heavy atom. The van der Waals surface area contributed by atoms with Crippen LogP contribution in [-0.4, -0.2) is 61.0 Å². The van der Waals surface area contributed by atoms with Gasteiger partial charge in [-0.25, -0.2) is 0 Å². The van der Waals surface area contributed by atoms with Crippen molar-refractivity contribution in [3.8, 4) is 0 Å². The minimum atomic E-state index is 0. The van der Waals surface area contributed by atoms with Crippen molar-refractivity contribution < 1.29 is 4.79 Å². The number of aryl methyl sites for hydroxylation is 1. The zero-order valence-corrected chi connectivity index (χ0v) is 14.3. The molecule has 0 spiro atoms. The summed E-state index contributed by atoms with van der Waals surface area (Å²) in [5, 5.41) is 3.42. The van der Waals surface area contributed by atoms with Crippen molar-refractivity contribution >= 4 is 18.3 Å². The molecule has 4 nitrogen and oxygen atoms in total. The van der Waals surface area contributed by atoms with Crippen LogP contribution in [0.25, 0.3) is 0 Å². The molecule has 2 aliphatic rings. The molecule has 1 aromatic rings. The molecule has 22 heavy (non-hydrogen) atoms. The molecule has 2 fully saturated rings. The fourth-order valence-electron chi connectivity index (χ4n) is 3.39. The van der Waals surface area contributed by atoms with E-state index in [9.17, 15) is 4.79 Å². The van der Waals surface area contributed by atoms with Gasteiger partial charge in [0.25, 0.3) is 5.91 Å². The van der Waals surface area contributed by atoms with Crippen LogP contribution < -0.4 is 5.32 Å². The number of nitrogens with one attached hydrogen (secondary N) is 1. The molecule has 1 aromatic carbocycles. The molecule has 2 heterocycles. The van der Waals surface area contributed by atoms with Crippen molar-refractivity contribution in [2.75, 3.05) is 39.3 Å². The lowest BCUT2D eigenvalue weighted by molar-refractivity contribution is 0.0583. The summed E-state index contributed by atoms with van der Waals surface area (Å²) in [4.78, 5) is 17.2. The van der Waals surface area contributed by atoms with Crippen LogP contribution in [0.15, 0.2) is 18.2 Å². The number of hydrogen-bond donors (Lipinski definition) is 1. The minimum Gasteiger partial charge on any atom is -0.336 e. The summed E-state index contributed by atoms with van der Waals surface area (Å²) in [6, 6.07) is 6.67. The Morgan fingerprint density at radius 1 is 1.18 bits per heavy atom. The molecule has 1 unspecified atom stereocenters. The summed E-state index contributed by atoms with van der Waals surface area (Å²) in [6.45, 7) is 10.1. The zero-order chi connectivity index (χ0) is 14.8. The van der Waals surface area contributed by atoms with E-state index < -0.39 is 0 Å². The Kier molecular flexibility index (Phi) is 5.84. The lowest BCUT2D eigenvalue weighted by atomic mass is 10.0. The van der Waals surface area contributed by atoms with E-state index in [-0.39, 0.29) is 18.3 Å². The van der Waals surface area contributed by atoms with Crippen LogP contribution in [0.2, 0.25) is 0 Å². The Labute approximate surface area is 139 Å². The van der Waals surface area contributed by atoms with Crippen molar-refractivity contribution in [3.05, 3.63) is 34.9 Å². The summed E-state index contributed by atoms with van der Waals surface area (Å²) >= 11 is 0. The van der Waals surface area contributed by atoms with E-state index in [1.54, 1.807) is 0 Å². The van der Waals surface area contributed by atoms with Crippen LogP contribution in [-0.2, 0) is 0 Å². The van der Waals surface area contributed by atoms with Crippen LogP contribution >= 0.6 is 12.4 Å². The van der Waals surface area contributed by atoms with E-state index in [2.05, 4.69) is 23.2 Å². The van der Waals surface area contributed by atoms with E-state index in [0.717, 1.165) is 50.4 Å². The minimum absolute atomic E-state index is 0. The van der Waals surface area contributed by atoms with Gasteiger partial charge in [0.2, 0.25) is 0 Å². The first-order valence-electron chi connectivity index (χ1n) is 7.97. The van der Waals surface area contributed by atoms with E-state index >= 15 is 0 Å². The normalized spacial score (nSPS) is 22.5. The van der Waals surface area contributed by atoms with Gasteiger partial charge >= 0.3 is 0 Å². The molecule has 0 bridgehead atoms. The molecule has 1 amide bonds. The van der Waals surface area contributed by atoms with Crippen LogP contribution in [0.3, 0.4) is 0 Å². The smallest absolute Gasteiger partial charge is 0.254 e. The molecule has 122 valence electrons. The molecule has 0 saturated carbocycles. The summed E-state index contributed by atoms with van der Waals surface area (Å²) in [5.41, 5.74) is 3.17. The summed E-state index contributed by atoms with van der Waals surface area (Å²) < 4.78 is 0. The largest absolute Gasteiger partial charge is 0.336 e. The molecule has 0 radical (unpaired) electrons. The first kappa shape index (κ1) is 17.3. The average molecular weight is 324 g/mol. The maximum atomic E-state index is 12.7. The van der Waals surface area contributed by atoms with Crippen molar-refractivity contribution in [1.82, 2.24) is 15.1 Å². The third kappa shape index (κ3) is 3.45. The standard InChI is InChI=1S/C17H25N3O.ClH/c1-13-4-3-5-16(14(13)2)17(21)20-10-8-19(9-11-20)15-6-7-18-12-15;/h3-5,15,18H,6-12H2,1-2H3;1H. The number of benzene rings is 1. The van der Waals surface area contributed by atoms with Gasteiger partial charge in [0.05, 0.1) is 0 Å². The van der Waals surface area contributed by atoms with Gasteiger partial charge in [-0.1, -0.05) is 12.1 Å². The SMILES string of the molecule is Cc1cccc(C(=O)N2CCN(C3CCNC3)CC2)c1C.Cl. The Hall–Kier alpha value is -1.10. The maximum absolute atomic E-state index is 12.7. The second-order valence-corrected chi connectivity index (χ2v) is 6.22. The topological polar surface area (TPSA) is 35.6 Å². The van der Waals surface area contributed by atoms with Gasteiger partial charge in [0.1, 0.15) is 0 Å². The van der Waals surface area contributed by atoms with Crippen molar-refractivity contribution in [2.45, 2.75) is 26.3 Å². The Balaban J connectivity index is 0.00000176. The Bertz CT molecular complexity index is 521. The van der Waals surface area contributed by atoms with Gasteiger partial charge in [-0.3, -0.25) is 9.69 Å². The molecule has 1 N–H and O–H groups in total. The second kappa shape index (κ2) is 7.44. The van der Waals surface area contributed by atoms with Crippen molar-refractivity contribution in [2.24, 2.45) is 0 Å². The molecule has 0 aliphatic carbocycles. The van der Waals surface area contributed by atoms with Gasteiger partial charge in [0.15, 0.2) is 0 Å². The van der Waals surface area contributed by atoms with E-state index in [0.29, 0.717) is 6.04 Å². The molecular weight excluding hydrogens is 298 g/mol. The van der Waals surface area contributed by atoms with Crippen LogP contribution in [0.5, 0.6) is 0 Å². The third-order valence-electron chi connectivity index (χ3n) is 4.99. The number of piperazine rings is 1. The van der Waals surface area contributed by atoms with Crippen LogP contribution in [0.1, 0.15) is 27.9 Å². The highest BCUT2D eigenvalue weighted by molar-refractivity contribution is 5.96. The molecule has 3 rings (SSSR count). The van der Waals surface area contributed by atoms with Gasteiger partial charge in [-0.2, -0.15) is 0 Å². The predicted octanol–water partition coefficient (Wildman–Crippen LogP) is 1.84. The number of rotatable bonds is 2. The van der Waals surface area contributed by atoms with Crippen molar-refractivity contribution in [3.63, 3.8) is 0 Å². The highest BCUT2D eigenvalue weighted by Gasteiger charge is 2.28. The van der Waals surface area contributed by atoms with Gasteiger partial charge in [0, 0.05) is 44.3 Å². The summed E-state index contributed by atoms with van der Waals surface area (Å²) in [7, 11) is 0. The lowest BCUT2D eigenvalue weighted by Gasteiger charge is -2.38. The maximum Gasteiger partial charge on any atom is 0.254 e. The average Bonchev–Trinajstić information content (AvgIpc) is 3.04. The fraction of sp³-hybridized carbons (Fsp3) is 0.588. The zero-order valence-electron chi connectivity index (χ0n) is 13.5. The first-order valence-corrected chi connectivity index (χ1v) is 7.97. The number of hydrogen-bond acceptors (Lipinski definition) is 3. The summed E-state index contributed by atoms with van der Waals surface area (Å²) in [6.07, 6.45) is 1.24. The molecule has 2 saturated heterocycles.